The van der Waals surface area contributed by atoms with Crippen molar-refractivity contribution in [2.75, 3.05) is 13.2 Å². The molecular weight excluding hydrogens is 360 g/mol. The second-order valence-electron chi connectivity index (χ2n) is 4.70. The number of ether oxygens (including phenoxy) is 2. The van der Waals surface area contributed by atoms with Crippen LogP contribution in [-0.2, 0) is 0 Å². The topological polar surface area (TPSA) is 18.5 Å². The smallest absolute Gasteiger partial charge is 0.162 e. The maximum Gasteiger partial charge on any atom is 0.162 e. The number of aryl methyl sites for hydroxylation is 1. The maximum atomic E-state index is 6.65. The molecular formula is C15H14BrClO2S. The Bertz CT molecular complexity index is 626. The van der Waals surface area contributed by atoms with E-state index in [0.29, 0.717) is 13.2 Å². The van der Waals surface area contributed by atoms with Crippen LogP contribution >= 0.6 is 38.9 Å². The summed E-state index contributed by atoms with van der Waals surface area (Å²) in [7, 11) is 0. The number of hydrogen-bond acceptors (Lipinski definition) is 3. The highest BCUT2D eigenvalue weighted by atomic mass is 79.9. The first-order chi connectivity index (χ1) is 9.66. The molecule has 0 N–H and O–H groups in total. The van der Waals surface area contributed by atoms with Gasteiger partial charge in [0.15, 0.2) is 11.5 Å². The largest absolute Gasteiger partial charge is 0.490 e. The van der Waals surface area contributed by atoms with E-state index < -0.39 is 0 Å². The van der Waals surface area contributed by atoms with Crippen LogP contribution in [0.3, 0.4) is 0 Å². The molecule has 0 aliphatic carbocycles. The van der Waals surface area contributed by atoms with Crippen LogP contribution in [0.2, 0.25) is 0 Å². The number of benzene rings is 1. The van der Waals surface area contributed by atoms with Gasteiger partial charge in [0.2, 0.25) is 0 Å². The standard InChI is InChI=1S/C15H14BrClO2S/c1-9-3-6-20-15(9)14(17)10-7-12-13(8-11(10)16)19-5-2-4-18-12/h3,6-8,14H,2,4-5H2,1H3. The van der Waals surface area contributed by atoms with E-state index in [4.69, 9.17) is 21.1 Å². The van der Waals surface area contributed by atoms with Gasteiger partial charge in [0, 0.05) is 15.8 Å². The summed E-state index contributed by atoms with van der Waals surface area (Å²) in [6.07, 6.45) is 0.899. The Morgan fingerprint density at radius 3 is 2.60 bits per heavy atom. The van der Waals surface area contributed by atoms with Crippen molar-refractivity contribution in [3.05, 3.63) is 44.1 Å². The molecule has 5 heteroatoms. The number of rotatable bonds is 2. The highest BCUT2D eigenvalue weighted by Crippen LogP contribution is 2.43. The third-order valence-corrected chi connectivity index (χ3v) is 5.63. The number of alkyl halides is 1. The summed E-state index contributed by atoms with van der Waals surface area (Å²) >= 11 is 11.9. The highest BCUT2D eigenvalue weighted by molar-refractivity contribution is 9.10. The fraction of sp³-hybridized carbons (Fsp3) is 0.333. The zero-order chi connectivity index (χ0) is 14.1. The molecule has 1 aromatic heterocycles. The van der Waals surface area contributed by atoms with Crippen molar-refractivity contribution in [1.82, 2.24) is 0 Å². The van der Waals surface area contributed by atoms with Crippen LogP contribution in [0.5, 0.6) is 11.5 Å². The van der Waals surface area contributed by atoms with Crippen molar-refractivity contribution in [2.45, 2.75) is 18.7 Å². The molecule has 1 atom stereocenters. The average molecular weight is 374 g/mol. The van der Waals surface area contributed by atoms with Gasteiger partial charge in [0.05, 0.1) is 18.6 Å². The summed E-state index contributed by atoms with van der Waals surface area (Å²) in [6, 6.07) is 6.03. The summed E-state index contributed by atoms with van der Waals surface area (Å²) in [4.78, 5) is 1.17. The first-order valence-corrected chi connectivity index (χ1v) is 8.55. The molecule has 0 amide bonds. The molecule has 106 valence electrons. The highest BCUT2D eigenvalue weighted by Gasteiger charge is 2.21. The van der Waals surface area contributed by atoms with Gasteiger partial charge in [-0.2, -0.15) is 0 Å². The van der Waals surface area contributed by atoms with E-state index in [2.05, 4.69) is 34.3 Å². The fourth-order valence-electron chi connectivity index (χ4n) is 2.18. The lowest BCUT2D eigenvalue weighted by Crippen LogP contribution is -1.98. The van der Waals surface area contributed by atoms with Crippen LogP contribution < -0.4 is 9.47 Å². The van der Waals surface area contributed by atoms with E-state index in [0.717, 1.165) is 28.0 Å². The summed E-state index contributed by atoms with van der Waals surface area (Å²) in [6.45, 7) is 3.45. The number of thiophene rings is 1. The Balaban J connectivity index is 2.01. The van der Waals surface area contributed by atoms with Gasteiger partial charge in [0.25, 0.3) is 0 Å². The SMILES string of the molecule is Cc1ccsc1C(Cl)c1cc2c(cc1Br)OCCCO2. The number of halogens is 2. The van der Waals surface area contributed by atoms with Gasteiger partial charge in [-0.15, -0.1) is 22.9 Å². The van der Waals surface area contributed by atoms with E-state index in [9.17, 15) is 0 Å². The maximum absolute atomic E-state index is 6.65. The molecule has 0 saturated heterocycles. The summed E-state index contributed by atoms with van der Waals surface area (Å²) in [5.74, 6) is 1.56. The lowest BCUT2D eigenvalue weighted by atomic mass is 10.1. The monoisotopic (exact) mass is 372 g/mol. The third-order valence-electron chi connectivity index (χ3n) is 3.27. The molecule has 2 nitrogen and oxygen atoms in total. The van der Waals surface area contributed by atoms with Crippen LogP contribution in [0.15, 0.2) is 28.1 Å². The Kier molecular flexibility index (Phi) is 4.24. The van der Waals surface area contributed by atoms with Crippen LogP contribution in [-0.4, -0.2) is 13.2 Å². The Hall–Kier alpha value is -0.710. The number of fused-ring (bicyclic) bond motifs is 1. The predicted molar refractivity (Wildman–Crippen MR) is 86.5 cm³/mol. The summed E-state index contributed by atoms with van der Waals surface area (Å²) < 4.78 is 12.4. The molecule has 3 rings (SSSR count). The molecule has 20 heavy (non-hydrogen) atoms. The van der Waals surface area contributed by atoms with E-state index >= 15 is 0 Å². The molecule has 0 fully saturated rings. The van der Waals surface area contributed by atoms with Crippen molar-refractivity contribution >= 4 is 38.9 Å². The first-order valence-electron chi connectivity index (χ1n) is 6.44. The number of hydrogen-bond donors (Lipinski definition) is 0. The van der Waals surface area contributed by atoms with Crippen molar-refractivity contribution in [2.24, 2.45) is 0 Å². The Morgan fingerprint density at radius 1 is 1.25 bits per heavy atom. The van der Waals surface area contributed by atoms with E-state index in [1.807, 2.05) is 12.1 Å². The fourth-order valence-corrected chi connectivity index (χ4v) is 4.29. The average Bonchev–Trinajstić information content (AvgIpc) is 2.72. The minimum absolute atomic E-state index is 0.179. The molecule has 1 unspecified atom stereocenters. The quantitative estimate of drug-likeness (QED) is 0.664. The van der Waals surface area contributed by atoms with Crippen molar-refractivity contribution in [1.29, 1.82) is 0 Å². The second kappa shape index (κ2) is 5.96. The molecule has 0 bridgehead atoms. The van der Waals surface area contributed by atoms with Crippen molar-refractivity contribution in [3.8, 4) is 11.5 Å². The second-order valence-corrected chi connectivity index (χ2v) is 6.94. The van der Waals surface area contributed by atoms with E-state index in [1.165, 1.54) is 10.4 Å². The summed E-state index contributed by atoms with van der Waals surface area (Å²) in [5, 5.41) is 1.89. The van der Waals surface area contributed by atoms with E-state index in [-0.39, 0.29) is 5.38 Å². The van der Waals surface area contributed by atoms with Crippen LogP contribution in [0.1, 0.15) is 27.8 Å². The molecule has 0 spiro atoms. The summed E-state index contributed by atoms with van der Waals surface area (Å²) in [5.41, 5.74) is 2.23. The van der Waals surface area contributed by atoms with Gasteiger partial charge < -0.3 is 9.47 Å². The molecule has 1 aromatic carbocycles. The zero-order valence-corrected chi connectivity index (χ0v) is 14.1. The van der Waals surface area contributed by atoms with Crippen LogP contribution in [0, 0.1) is 6.92 Å². The van der Waals surface area contributed by atoms with Crippen molar-refractivity contribution < 1.29 is 9.47 Å². The zero-order valence-electron chi connectivity index (χ0n) is 11.0. The van der Waals surface area contributed by atoms with Gasteiger partial charge in [0.1, 0.15) is 0 Å². The predicted octanol–water partition coefficient (Wildman–Crippen LogP) is 5.31. The van der Waals surface area contributed by atoms with Gasteiger partial charge in [-0.1, -0.05) is 15.9 Å². The minimum Gasteiger partial charge on any atom is -0.490 e. The van der Waals surface area contributed by atoms with Crippen molar-refractivity contribution in [3.63, 3.8) is 0 Å². The molecule has 0 radical (unpaired) electrons. The normalized spacial score (nSPS) is 15.8. The molecule has 1 aliphatic heterocycles. The Labute approximate surface area is 135 Å². The van der Waals surface area contributed by atoms with Gasteiger partial charge in [-0.25, -0.2) is 0 Å². The first kappa shape index (κ1) is 14.2. The van der Waals surface area contributed by atoms with E-state index in [1.54, 1.807) is 11.3 Å². The minimum atomic E-state index is -0.179. The van der Waals surface area contributed by atoms with Gasteiger partial charge in [-0.3, -0.25) is 0 Å². The van der Waals surface area contributed by atoms with Crippen LogP contribution in [0.25, 0.3) is 0 Å². The van der Waals surface area contributed by atoms with Crippen LogP contribution in [0.4, 0.5) is 0 Å². The lowest BCUT2D eigenvalue weighted by molar-refractivity contribution is 0.297. The lowest BCUT2D eigenvalue weighted by Gasteiger charge is -2.15. The Morgan fingerprint density at radius 2 is 1.95 bits per heavy atom. The molecule has 2 heterocycles. The van der Waals surface area contributed by atoms with Gasteiger partial charge in [-0.05, 0) is 41.6 Å². The molecule has 1 aliphatic rings. The van der Waals surface area contributed by atoms with Gasteiger partial charge >= 0.3 is 0 Å². The third kappa shape index (κ3) is 2.69. The molecule has 0 saturated carbocycles. The molecule has 2 aromatic rings.